The fourth-order valence-corrected chi connectivity index (χ4v) is 1.72. The third kappa shape index (κ3) is 6.27. The van der Waals surface area contributed by atoms with Crippen molar-refractivity contribution in [2.75, 3.05) is 20.3 Å². The van der Waals surface area contributed by atoms with E-state index in [1.54, 1.807) is 0 Å². The molecule has 21 heavy (non-hydrogen) atoms. The van der Waals surface area contributed by atoms with Crippen LogP contribution in [0.15, 0.2) is 24.3 Å². The van der Waals surface area contributed by atoms with E-state index in [4.69, 9.17) is 9.84 Å². The summed E-state index contributed by atoms with van der Waals surface area (Å²) in [5, 5.41) is 11.4. The van der Waals surface area contributed by atoms with Gasteiger partial charge in [-0.15, -0.1) is 0 Å². The number of aliphatic hydroxyl groups is 1. The molecule has 6 heteroatoms. The molecule has 0 aliphatic heterocycles. The van der Waals surface area contributed by atoms with Crippen molar-refractivity contribution in [1.82, 2.24) is 5.32 Å². The smallest absolute Gasteiger partial charge is 0.330 e. The predicted molar refractivity (Wildman–Crippen MR) is 76.9 cm³/mol. The number of carbonyl (C=O) groups excluding carboxylic acids is 2. The Labute approximate surface area is 124 Å². The number of methoxy groups -OCH3 is 1. The van der Waals surface area contributed by atoms with Crippen molar-refractivity contribution < 1.29 is 24.2 Å². The van der Waals surface area contributed by atoms with E-state index in [1.165, 1.54) is 7.11 Å². The van der Waals surface area contributed by atoms with Crippen molar-refractivity contribution in [3.63, 3.8) is 0 Å². The first kappa shape index (κ1) is 17.0. The normalized spacial score (nSPS) is 11.6. The molecular formula is C15H21NO5. The van der Waals surface area contributed by atoms with Crippen molar-refractivity contribution in [3.8, 4) is 5.75 Å². The SMILES string of the molecule is COC(=O)C(CO)NC(=O)CCCOc1cccc(C)c1. The van der Waals surface area contributed by atoms with Crippen LogP contribution in [0.3, 0.4) is 0 Å². The first-order valence-corrected chi connectivity index (χ1v) is 6.74. The third-order valence-corrected chi connectivity index (χ3v) is 2.81. The number of hydrogen-bond acceptors (Lipinski definition) is 5. The largest absolute Gasteiger partial charge is 0.494 e. The highest BCUT2D eigenvalue weighted by Gasteiger charge is 2.19. The monoisotopic (exact) mass is 295 g/mol. The lowest BCUT2D eigenvalue weighted by atomic mass is 10.2. The summed E-state index contributed by atoms with van der Waals surface area (Å²) in [5.74, 6) is -0.229. The molecule has 0 spiro atoms. The minimum absolute atomic E-state index is 0.208. The molecule has 1 unspecified atom stereocenters. The fourth-order valence-electron chi connectivity index (χ4n) is 1.72. The molecule has 1 atom stereocenters. The van der Waals surface area contributed by atoms with Crippen LogP contribution in [0.2, 0.25) is 0 Å². The molecule has 0 aromatic heterocycles. The highest BCUT2D eigenvalue weighted by Crippen LogP contribution is 2.12. The zero-order valence-corrected chi connectivity index (χ0v) is 12.3. The minimum atomic E-state index is -1.01. The molecule has 0 bridgehead atoms. The summed E-state index contributed by atoms with van der Waals surface area (Å²) in [5.41, 5.74) is 1.11. The molecule has 6 nitrogen and oxygen atoms in total. The molecule has 0 heterocycles. The maximum Gasteiger partial charge on any atom is 0.330 e. The van der Waals surface area contributed by atoms with Crippen LogP contribution in [0.5, 0.6) is 5.75 Å². The van der Waals surface area contributed by atoms with Crippen molar-refractivity contribution >= 4 is 11.9 Å². The number of esters is 1. The molecule has 116 valence electrons. The van der Waals surface area contributed by atoms with Crippen LogP contribution >= 0.6 is 0 Å². The highest BCUT2D eigenvalue weighted by atomic mass is 16.5. The molecule has 1 amide bonds. The van der Waals surface area contributed by atoms with Gasteiger partial charge in [0, 0.05) is 6.42 Å². The fraction of sp³-hybridized carbons (Fsp3) is 0.467. The van der Waals surface area contributed by atoms with E-state index in [1.807, 2.05) is 31.2 Å². The molecule has 0 aliphatic rings. The van der Waals surface area contributed by atoms with Crippen molar-refractivity contribution in [3.05, 3.63) is 29.8 Å². The zero-order valence-electron chi connectivity index (χ0n) is 12.3. The number of amides is 1. The van der Waals surface area contributed by atoms with E-state index in [0.717, 1.165) is 11.3 Å². The number of ether oxygens (including phenoxy) is 2. The Hall–Kier alpha value is -2.08. The van der Waals surface area contributed by atoms with Gasteiger partial charge < -0.3 is 19.9 Å². The summed E-state index contributed by atoms with van der Waals surface area (Å²) in [4.78, 5) is 22.8. The molecule has 0 saturated heterocycles. The second-order valence-corrected chi connectivity index (χ2v) is 4.59. The lowest BCUT2D eigenvalue weighted by molar-refractivity contribution is -0.146. The Morgan fingerprint density at radius 3 is 2.76 bits per heavy atom. The third-order valence-electron chi connectivity index (χ3n) is 2.81. The van der Waals surface area contributed by atoms with Gasteiger partial charge in [0.15, 0.2) is 6.04 Å². The van der Waals surface area contributed by atoms with Crippen LogP contribution in [-0.2, 0) is 14.3 Å². The lowest BCUT2D eigenvalue weighted by Crippen LogP contribution is -2.44. The van der Waals surface area contributed by atoms with Gasteiger partial charge in [-0.05, 0) is 31.0 Å². The molecule has 0 fully saturated rings. The Morgan fingerprint density at radius 1 is 1.38 bits per heavy atom. The van der Waals surface area contributed by atoms with Gasteiger partial charge >= 0.3 is 5.97 Å². The van der Waals surface area contributed by atoms with E-state index in [0.29, 0.717) is 13.0 Å². The Kier molecular flexibility index (Phi) is 7.25. The van der Waals surface area contributed by atoms with Gasteiger partial charge in [0.2, 0.25) is 5.91 Å². The average molecular weight is 295 g/mol. The molecule has 0 aliphatic carbocycles. The molecular weight excluding hydrogens is 274 g/mol. The van der Waals surface area contributed by atoms with Gasteiger partial charge in [-0.25, -0.2) is 4.79 Å². The van der Waals surface area contributed by atoms with Gasteiger partial charge in [0.05, 0.1) is 20.3 Å². The van der Waals surface area contributed by atoms with Crippen LogP contribution in [0, 0.1) is 6.92 Å². The standard InChI is InChI=1S/C15H21NO5/c1-11-5-3-6-12(9-11)21-8-4-7-14(18)16-13(10-17)15(19)20-2/h3,5-6,9,13,17H,4,7-8,10H2,1-2H3,(H,16,18). The highest BCUT2D eigenvalue weighted by molar-refractivity contribution is 5.84. The summed E-state index contributed by atoms with van der Waals surface area (Å²) in [6.45, 7) is 1.89. The summed E-state index contributed by atoms with van der Waals surface area (Å²) in [6.07, 6.45) is 0.721. The average Bonchev–Trinajstić information content (AvgIpc) is 2.48. The maximum atomic E-state index is 11.6. The topological polar surface area (TPSA) is 84.9 Å². The van der Waals surface area contributed by atoms with Crippen molar-refractivity contribution in [2.45, 2.75) is 25.8 Å². The number of nitrogens with one attached hydrogen (secondary N) is 1. The number of aliphatic hydroxyl groups excluding tert-OH is 1. The van der Waals surface area contributed by atoms with E-state index in [9.17, 15) is 9.59 Å². The molecule has 0 radical (unpaired) electrons. The minimum Gasteiger partial charge on any atom is -0.494 e. The number of hydrogen-bond donors (Lipinski definition) is 2. The summed E-state index contributed by atoms with van der Waals surface area (Å²) in [7, 11) is 1.20. The zero-order chi connectivity index (χ0) is 15.7. The molecule has 1 aromatic carbocycles. The summed E-state index contributed by atoms with van der Waals surface area (Å²) < 4.78 is 9.98. The van der Waals surface area contributed by atoms with Crippen LogP contribution in [0.1, 0.15) is 18.4 Å². The number of rotatable bonds is 8. The van der Waals surface area contributed by atoms with E-state index >= 15 is 0 Å². The van der Waals surface area contributed by atoms with E-state index < -0.39 is 18.6 Å². The predicted octanol–water partition coefficient (Wildman–Crippen LogP) is 0.804. The second-order valence-electron chi connectivity index (χ2n) is 4.59. The number of benzene rings is 1. The first-order chi connectivity index (χ1) is 10.1. The van der Waals surface area contributed by atoms with Gasteiger partial charge in [-0.2, -0.15) is 0 Å². The van der Waals surface area contributed by atoms with Crippen molar-refractivity contribution in [2.24, 2.45) is 0 Å². The van der Waals surface area contributed by atoms with Crippen LogP contribution in [0.25, 0.3) is 0 Å². The number of aryl methyl sites for hydroxylation is 1. The Morgan fingerprint density at radius 2 is 2.14 bits per heavy atom. The van der Waals surface area contributed by atoms with Gasteiger partial charge in [-0.3, -0.25) is 4.79 Å². The van der Waals surface area contributed by atoms with E-state index in [-0.39, 0.29) is 12.3 Å². The molecule has 1 aromatic rings. The van der Waals surface area contributed by atoms with Gasteiger partial charge in [-0.1, -0.05) is 12.1 Å². The first-order valence-electron chi connectivity index (χ1n) is 6.74. The molecule has 1 rings (SSSR count). The van der Waals surface area contributed by atoms with Crippen LogP contribution < -0.4 is 10.1 Å². The van der Waals surface area contributed by atoms with E-state index in [2.05, 4.69) is 10.1 Å². The Balaban J connectivity index is 2.26. The summed E-state index contributed by atoms with van der Waals surface area (Å²) in [6, 6.07) is 6.63. The summed E-state index contributed by atoms with van der Waals surface area (Å²) >= 11 is 0. The number of carbonyl (C=O) groups is 2. The molecule has 0 saturated carbocycles. The quantitative estimate of drug-likeness (QED) is 0.547. The van der Waals surface area contributed by atoms with Crippen LogP contribution in [-0.4, -0.2) is 43.3 Å². The lowest BCUT2D eigenvalue weighted by Gasteiger charge is -2.13. The van der Waals surface area contributed by atoms with Crippen LogP contribution in [0.4, 0.5) is 0 Å². The van der Waals surface area contributed by atoms with Crippen molar-refractivity contribution in [1.29, 1.82) is 0 Å². The van der Waals surface area contributed by atoms with Gasteiger partial charge in [0.1, 0.15) is 5.75 Å². The maximum absolute atomic E-state index is 11.6. The second kappa shape index (κ2) is 8.97. The molecule has 2 N–H and O–H groups in total. The van der Waals surface area contributed by atoms with Gasteiger partial charge in [0.25, 0.3) is 0 Å². The Bertz CT molecular complexity index is 475.